The Kier molecular flexibility index (Phi) is 2.33. The zero-order valence-electron chi connectivity index (χ0n) is 6.14. The Morgan fingerprint density at radius 3 is 2.83 bits per heavy atom. The summed E-state index contributed by atoms with van der Waals surface area (Å²) in [5.41, 5.74) is 5.23. The van der Waals surface area contributed by atoms with Crippen LogP contribution < -0.4 is 5.73 Å². The van der Waals surface area contributed by atoms with Crippen molar-refractivity contribution in [2.45, 2.75) is 5.92 Å². The molecule has 1 amide bonds. The number of aromatic nitrogens is 2. The standard InChI is InChI=1S/C7H6N4O/c8-3-5(7(9)12)6-4-10-1-2-11-6/h1-2,4-5H,(H2,9,12). The van der Waals surface area contributed by atoms with Crippen LogP contribution in [0.5, 0.6) is 0 Å². The van der Waals surface area contributed by atoms with Gasteiger partial charge in [0.05, 0.1) is 18.0 Å². The summed E-state index contributed by atoms with van der Waals surface area (Å²) in [7, 11) is 0. The third-order valence-electron chi connectivity index (χ3n) is 1.29. The van der Waals surface area contributed by atoms with Gasteiger partial charge in [0.25, 0.3) is 0 Å². The molecule has 60 valence electrons. The van der Waals surface area contributed by atoms with Crippen LogP contribution >= 0.6 is 0 Å². The minimum atomic E-state index is -1.00. The van der Waals surface area contributed by atoms with Crippen LogP contribution in [-0.2, 0) is 4.79 Å². The van der Waals surface area contributed by atoms with Crippen LogP contribution in [0.25, 0.3) is 0 Å². The fourth-order valence-corrected chi connectivity index (χ4v) is 0.735. The first-order chi connectivity index (χ1) is 5.75. The maximum Gasteiger partial charge on any atom is 0.241 e. The second-order valence-electron chi connectivity index (χ2n) is 2.09. The maximum absolute atomic E-state index is 10.7. The SMILES string of the molecule is N#CC(C(N)=O)c1cnccn1. The molecule has 0 spiro atoms. The number of carbonyl (C=O) groups is 1. The van der Waals surface area contributed by atoms with E-state index in [2.05, 4.69) is 9.97 Å². The summed E-state index contributed by atoms with van der Waals surface area (Å²) in [6.45, 7) is 0. The summed E-state index contributed by atoms with van der Waals surface area (Å²) in [6.07, 6.45) is 4.21. The van der Waals surface area contributed by atoms with Gasteiger partial charge in [-0.3, -0.25) is 14.8 Å². The molecule has 0 bridgehead atoms. The highest BCUT2D eigenvalue weighted by molar-refractivity contribution is 5.84. The number of amides is 1. The third-order valence-corrected chi connectivity index (χ3v) is 1.29. The summed E-state index contributed by atoms with van der Waals surface area (Å²) in [5, 5.41) is 8.53. The number of hydrogen-bond acceptors (Lipinski definition) is 4. The molecule has 1 aromatic heterocycles. The zero-order valence-corrected chi connectivity index (χ0v) is 6.14. The van der Waals surface area contributed by atoms with Crippen molar-refractivity contribution < 1.29 is 4.79 Å². The van der Waals surface area contributed by atoms with Crippen molar-refractivity contribution in [2.75, 3.05) is 0 Å². The van der Waals surface area contributed by atoms with Gasteiger partial charge < -0.3 is 5.73 Å². The number of hydrogen-bond donors (Lipinski definition) is 1. The van der Waals surface area contributed by atoms with Crippen LogP contribution in [0.1, 0.15) is 11.6 Å². The molecule has 1 rings (SSSR count). The molecule has 0 saturated heterocycles. The number of carbonyl (C=O) groups excluding carboxylic acids is 1. The lowest BCUT2D eigenvalue weighted by Gasteiger charge is -2.00. The molecule has 0 aromatic carbocycles. The molecule has 1 aromatic rings. The molecule has 2 N–H and O–H groups in total. The van der Waals surface area contributed by atoms with E-state index in [0.717, 1.165) is 0 Å². The Labute approximate surface area is 68.9 Å². The van der Waals surface area contributed by atoms with Crippen molar-refractivity contribution in [3.63, 3.8) is 0 Å². The van der Waals surface area contributed by atoms with Crippen LogP contribution in [-0.4, -0.2) is 15.9 Å². The van der Waals surface area contributed by atoms with Gasteiger partial charge in [-0.1, -0.05) is 0 Å². The minimum Gasteiger partial charge on any atom is -0.368 e. The molecular formula is C7H6N4O. The van der Waals surface area contributed by atoms with E-state index in [9.17, 15) is 4.79 Å². The van der Waals surface area contributed by atoms with Crippen molar-refractivity contribution in [1.29, 1.82) is 5.26 Å². The fraction of sp³-hybridized carbons (Fsp3) is 0.143. The second-order valence-corrected chi connectivity index (χ2v) is 2.09. The largest absolute Gasteiger partial charge is 0.368 e. The average molecular weight is 162 g/mol. The Balaban J connectivity index is 2.98. The topological polar surface area (TPSA) is 92.7 Å². The van der Waals surface area contributed by atoms with Crippen LogP contribution in [0.4, 0.5) is 0 Å². The van der Waals surface area contributed by atoms with E-state index in [4.69, 9.17) is 11.0 Å². The van der Waals surface area contributed by atoms with Crippen molar-refractivity contribution >= 4 is 5.91 Å². The Bertz CT molecular complexity index is 316. The highest BCUT2D eigenvalue weighted by Crippen LogP contribution is 2.08. The van der Waals surface area contributed by atoms with Crippen LogP contribution in [0.15, 0.2) is 18.6 Å². The van der Waals surface area contributed by atoms with E-state index in [1.807, 2.05) is 0 Å². The average Bonchev–Trinajstić information content (AvgIpc) is 2.07. The molecule has 0 aliphatic rings. The minimum absolute atomic E-state index is 0.285. The smallest absolute Gasteiger partial charge is 0.241 e. The van der Waals surface area contributed by atoms with Gasteiger partial charge >= 0.3 is 0 Å². The number of rotatable bonds is 2. The number of primary amides is 1. The molecule has 0 saturated carbocycles. The lowest BCUT2D eigenvalue weighted by molar-refractivity contribution is -0.118. The second kappa shape index (κ2) is 3.44. The lowest BCUT2D eigenvalue weighted by atomic mass is 10.1. The molecule has 5 heteroatoms. The summed E-state index contributed by atoms with van der Waals surface area (Å²) < 4.78 is 0. The molecule has 0 radical (unpaired) electrons. The molecule has 1 atom stereocenters. The molecule has 1 unspecified atom stereocenters. The molecule has 12 heavy (non-hydrogen) atoms. The van der Waals surface area contributed by atoms with Crippen molar-refractivity contribution in [3.05, 3.63) is 24.3 Å². The van der Waals surface area contributed by atoms with E-state index >= 15 is 0 Å². The summed E-state index contributed by atoms with van der Waals surface area (Å²) in [6, 6.07) is 1.74. The summed E-state index contributed by atoms with van der Waals surface area (Å²) >= 11 is 0. The predicted molar refractivity (Wildman–Crippen MR) is 39.6 cm³/mol. The van der Waals surface area contributed by atoms with E-state index in [1.165, 1.54) is 18.6 Å². The summed E-state index contributed by atoms with van der Waals surface area (Å²) in [4.78, 5) is 18.2. The molecule has 0 fully saturated rings. The van der Waals surface area contributed by atoms with E-state index < -0.39 is 11.8 Å². The number of nitrogens with two attached hydrogens (primary N) is 1. The summed E-state index contributed by atoms with van der Waals surface area (Å²) in [5.74, 6) is -1.71. The monoisotopic (exact) mass is 162 g/mol. The van der Waals surface area contributed by atoms with Crippen molar-refractivity contribution in [2.24, 2.45) is 5.73 Å². The van der Waals surface area contributed by atoms with Crippen LogP contribution in [0.3, 0.4) is 0 Å². The van der Waals surface area contributed by atoms with Gasteiger partial charge in [-0.2, -0.15) is 5.26 Å². The Hall–Kier alpha value is -1.96. The van der Waals surface area contributed by atoms with Gasteiger partial charge in [-0.05, 0) is 0 Å². The van der Waals surface area contributed by atoms with Gasteiger partial charge in [0.2, 0.25) is 5.91 Å². The first kappa shape index (κ1) is 8.14. The quantitative estimate of drug-likeness (QED) is 0.638. The first-order valence-corrected chi connectivity index (χ1v) is 3.20. The van der Waals surface area contributed by atoms with E-state index in [1.54, 1.807) is 6.07 Å². The normalized spacial score (nSPS) is 11.6. The fourth-order valence-electron chi connectivity index (χ4n) is 0.735. The van der Waals surface area contributed by atoms with E-state index in [0.29, 0.717) is 0 Å². The highest BCUT2D eigenvalue weighted by Gasteiger charge is 2.17. The zero-order chi connectivity index (χ0) is 8.97. The number of nitriles is 1. The predicted octanol–water partition coefficient (Wildman–Crippen LogP) is -0.431. The van der Waals surface area contributed by atoms with Crippen molar-refractivity contribution in [1.82, 2.24) is 9.97 Å². The van der Waals surface area contributed by atoms with Crippen LogP contribution in [0, 0.1) is 11.3 Å². The van der Waals surface area contributed by atoms with Gasteiger partial charge in [0, 0.05) is 12.4 Å². The molecule has 5 nitrogen and oxygen atoms in total. The lowest BCUT2D eigenvalue weighted by Crippen LogP contribution is -2.20. The van der Waals surface area contributed by atoms with Gasteiger partial charge in [-0.15, -0.1) is 0 Å². The Morgan fingerprint density at radius 2 is 2.42 bits per heavy atom. The molecule has 0 aliphatic heterocycles. The molecular weight excluding hydrogens is 156 g/mol. The van der Waals surface area contributed by atoms with Crippen molar-refractivity contribution in [3.8, 4) is 6.07 Å². The first-order valence-electron chi connectivity index (χ1n) is 3.20. The third kappa shape index (κ3) is 1.55. The molecule has 0 aliphatic carbocycles. The van der Waals surface area contributed by atoms with Gasteiger partial charge in [0.1, 0.15) is 0 Å². The Morgan fingerprint density at radius 1 is 1.67 bits per heavy atom. The van der Waals surface area contributed by atoms with E-state index in [-0.39, 0.29) is 5.69 Å². The van der Waals surface area contributed by atoms with Gasteiger partial charge in [-0.25, -0.2) is 0 Å². The van der Waals surface area contributed by atoms with Crippen LogP contribution in [0.2, 0.25) is 0 Å². The molecule has 1 heterocycles. The number of nitrogens with zero attached hydrogens (tertiary/aromatic N) is 3. The maximum atomic E-state index is 10.7. The van der Waals surface area contributed by atoms with Gasteiger partial charge in [0.15, 0.2) is 5.92 Å². The highest BCUT2D eigenvalue weighted by atomic mass is 16.1.